The number of hydrogen-bond donors (Lipinski definition) is 1. The van der Waals surface area contributed by atoms with Gasteiger partial charge in [-0.2, -0.15) is 13.2 Å². The minimum atomic E-state index is -4.13. The lowest BCUT2D eigenvalue weighted by molar-refractivity contribution is -0.125. The summed E-state index contributed by atoms with van der Waals surface area (Å²) in [7, 11) is 0. The Bertz CT molecular complexity index is 196. The van der Waals surface area contributed by atoms with Crippen LogP contribution in [0, 0.1) is 5.92 Å². The van der Waals surface area contributed by atoms with E-state index in [0.717, 1.165) is 12.8 Å². The molecule has 1 aliphatic carbocycles. The fourth-order valence-electron chi connectivity index (χ4n) is 2.06. The van der Waals surface area contributed by atoms with Gasteiger partial charge in [-0.15, -0.1) is 0 Å². The number of nitrogens with one attached hydrogen (secondary N) is 1. The molecule has 1 rings (SSSR count). The molecule has 0 aliphatic heterocycles. The van der Waals surface area contributed by atoms with Gasteiger partial charge < -0.3 is 10.1 Å². The molecule has 2 atom stereocenters. The summed E-state index contributed by atoms with van der Waals surface area (Å²) < 4.78 is 40.9. The lowest BCUT2D eigenvalue weighted by Gasteiger charge is -2.26. The van der Waals surface area contributed by atoms with Crippen molar-refractivity contribution in [1.82, 2.24) is 5.32 Å². The zero-order valence-corrected chi connectivity index (χ0v) is 9.65. The van der Waals surface area contributed by atoms with Gasteiger partial charge in [0.05, 0.1) is 19.3 Å². The Morgan fingerprint density at radius 1 is 1.31 bits per heavy atom. The van der Waals surface area contributed by atoms with Crippen LogP contribution in [0.3, 0.4) is 0 Å². The van der Waals surface area contributed by atoms with Crippen LogP contribution in [0.25, 0.3) is 0 Å². The molecule has 1 N–H and O–H groups in total. The third-order valence-corrected chi connectivity index (χ3v) is 2.85. The second-order valence-electron chi connectivity index (χ2n) is 4.56. The van der Waals surface area contributed by atoms with Crippen LogP contribution in [0.2, 0.25) is 0 Å². The smallest absolute Gasteiger partial charge is 0.377 e. The summed E-state index contributed by atoms with van der Waals surface area (Å²) in [6.45, 7) is 1.90. The van der Waals surface area contributed by atoms with E-state index in [2.05, 4.69) is 12.2 Å². The maximum Gasteiger partial charge on any atom is 0.401 e. The summed E-state index contributed by atoms with van der Waals surface area (Å²) in [4.78, 5) is 0. The van der Waals surface area contributed by atoms with Gasteiger partial charge in [0.25, 0.3) is 0 Å². The third-order valence-electron chi connectivity index (χ3n) is 2.85. The van der Waals surface area contributed by atoms with Gasteiger partial charge in [-0.25, -0.2) is 0 Å². The molecule has 0 aromatic rings. The third kappa shape index (κ3) is 6.33. The van der Waals surface area contributed by atoms with Crippen molar-refractivity contribution < 1.29 is 17.9 Å². The summed E-state index contributed by atoms with van der Waals surface area (Å²) in [5, 5.41) is 2.33. The van der Waals surface area contributed by atoms with Gasteiger partial charge in [-0.3, -0.25) is 0 Å². The standard InChI is InChI=1S/C11H20F3NO/c1-9-3-2-4-10(7-9)16-6-5-15-8-11(12,13)14/h9-10,15H,2-8H2,1H3. The highest BCUT2D eigenvalue weighted by molar-refractivity contribution is 4.70. The van der Waals surface area contributed by atoms with Crippen molar-refractivity contribution in [3.63, 3.8) is 0 Å². The zero-order valence-electron chi connectivity index (χ0n) is 9.65. The van der Waals surface area contributed by atoms with Crippen molar-refractivity contribution in [3.05, 3.63) is 0 Å². The van der Waals surface area contributed by atoms with Crippen LogP contribution in [0.1, 0.15) is 32.6 Å². The second-order valence-corrected chi connectivity index (χ2v) is 4.56. The highest BCUT2D eigenvalue weighted by Gasteiger charge is 2.26. The second kappa shape index (κ2) is 6.45. The van der Waals surface area contributed by atoms with Crippen molar-refractivity contribution in [2.24, 2.45) is 5.92 Å². The van der Waals surface area contributed by atoms with Gasteiger partial charge in [0, 0.05) is 6.54 Å². The van der Waals surface area contributed by atoms with E-state index in [1.54, 1.807) is 0 Å². The molecule has 0 bridgehead atoms. The van der Waals surface area contributed by atoms with Gasteiger partial charge >= 0.3 is 6.18 Å². The van der Waals surface area contributed by atoms with Crippen LogP contribution < -0.4 is 5.32 Å². The molecule has 2 unspecified atom stereocenters. The molecule has 5 heteroatoms. The van der Waals surface area contributed by atoms with E-state index >= 15 is 0 Å². The molecule has 0 heterocycles. The zero-order chi connectivity index (χ0) is 12.0. The summed E-state index contributed by atoms with van der Waals surface area (Å²) in [5.41, 5.74) is 0. The molecule has 0 amide bonds. The largest absolute Gasteiger partial charge is 0.401 e. The molecular formula is C11H20F3NO. The lowest BCUT2D eigenvalue weighted by Crippen LogP contribution is -2.32. The van der Waals surface area contributed by atoms with Crippen molar-refractivity contribution in [3.8, 4) is 0 Å². The van der Waals surface area contributed by atoms with Crippen molar-refractivity contribution >= 4 is 0 Å². The maximum atomic E-state index is 11.8. The molecular weight excluding hydrogens is 219 g/mol. The van der Waals surface area contributed by atoms with Crippen molar-refractivity contribution in [1.29, 1.82) is 0 Å². The molecule has 0 spiro atoms. The topological polar surface area (TPSA) is 21.3 Å². The first-order valence-corrected chi connectivity index (χ1v) is 5.86. The average molecular weight is 239 g/mol. The Kier molecular flexibility index (Phi) is 5.55. The Morgan fingerprint density at radius 3 is 2.69 bits per heavy atom. The van der Waals surface area contributed by atoms with E-state index < -0.39 is 12.7 Å². The minimum absolute atomic E-state index is 0.247. The Morgan fingerprint density at radius 2 is 2.06 bits per heavy atom. The van der Waals surface area contributed by atoms with Crippen LogP contribution in [0.15, 0.2) is 0 Å². The van der Waals surface area contributed by atoms with E-state index in [-0.39, 0.29) is 12.6 Å². The van der Waals surface area contributed by atoms with Crippen LogP contribution in [0.4, 0.5) is 13.2 Å². The first-order valence-electron chi connectivity index (χ1n) is 5.86. The monoisotopic (exact) mass is 239 g/mol. The van der Waals surface area contributed by atoms with E-state index in [1.807, 2.05) is 0 Å². The van der Waals surface area contributed by atoms with Crippen molar-refractivity contribution in [2.75, 3.05) is 19.7 Å². The first kappa shape index (κ1) is 13.8. The van der Waals surface area contributed by atoms with Crippen molar-refractivity contribution in [2.45, 2.75) is 44.9 Å². The molecule has 16 heavy (non-hydrogen) atoms. The number of rotatable bonds is 5. The van der Waals surface area contributed by atoms with E-state index in [1.165, 1.54) is 12.8 Å². The van der Waals surface area contributed by atoms with Gasteiger partial charge in [0.15, 0.2) is 0 Å². The Hall–Kier alpha value is -0.290. The number of ether oxygens (including phenoxy) is 1. The van der Waals surface area contributed by atoms with E-state index in [4.69, 9.17) is 4.74 Å². The number of halogens is 3. The van der Waals surface area contributed by atoms with Crippen LogP contribution >= 0.6 is 0 Å². The summed E-state index contributed by atoms with van der Waals surface area (Å²) in [5.74, 6) is 0.682. The molecule has 0 saturated heterocycles. The van der Waals surface area contributed by atoms with Gasteiger partial charge in [-0.1, -0.05) is 19.8 Å². The molecule has 1 aliphatic rings. The fourth-order valence-corrected chi connectivity index (χ4v) is 2.06. The van der Waals surface area contributed by atoms with E-state index in [9.17, 15) is 13.2 Å². The SMILES string of the molecule is CC1CCCC(OCCNCC(F)(F)F)C1. The highest BCUT2D eigenvalue weighted by Crippen LogP contribution is 2.25. The highest BCUT2D eigenvalue weighted by atomic mass is 19.4. The average Bonchev–Trinajstić information content (AvgIpc) is 2.15. The molecule has 1 saturated carbocycles. The normalized spacial score (nSPS) is 27.0. The molecule has 1 fully saturated rings. The Labute approximate surface area is 94.5 Å². The molecule has 0 radical (unpaired) electrons. The summed E-state index contributed by atoms with van der Waals surface area (Å²) >= 11 is 0. The predicted molar refractivity (Wildman–Crippen MR) is 56.3 cm³/mol. The molecule has 96 valence electrons. The Balaban J connectivity index is 1.98. The molecule has 2 nitrogen and oxygen atoms in total. The van der Waals surface area contributed by atoms with Gasteiger partial charge in [0.1, 0.15) is 0 Å². The lowest BCUT2D eigenvalue weighted by atomic mass is 9.89. The first-order chi connectivity index (χ1) is 7.47. The maximum absolute atomic E-state index is 11.8. The van der Waals surface area contributed by atoms with E-state index in [0.29, 0.717) is 12.5 Å². The quantitative estimate of drug-likeness (QED) is 0.745. The molecule has 0 aromatic heterocycles. The minimum Gasteiger partial charge on any atom is -0.377 e. The summed E-state index contributed by atoms with van der Waals surface area (Å²) in [6.07, 6.45) is 0.618. The van der Waals surface area contributed by atoms with Crippen LogP contribution in [0.5, 0.6) is 0 Å². The number of hydrogen-bond acceptors (Lipinski definition) is 2. The van der Waals surface area contributed by atoms with Gasteiger partial charge in [0.2, 0.25) is 0 Å². The van der Waals surface area contributed by atoms with Gasteiger partial charge in [-0.05, 0) is 18.8 Å². The van der Waals surface area contributed by atoms with Crippen LogP contribution in [-0.4, -0.2) is 32.0 Å². The summed E-state index contributed by atoms with van der Waals surface area (Å²) in [6, 6.07) is 0. The predicted octanol–water partition coefficient (Wildman–Crippen LogP) is 2.73. The molecule has 0 aromatic carbocycles. The van der Waals surface area contributed by atoms with Crippen LogP contribution in [-0.2, 0) is 4.74 Å². The fraction of sp³-hybridized carbons (Fsp3) is 1.00. The number of alkyl halides is 3.